The van der Waals surface area contributed by atoms with Crippen molar-refractivity contribution >= 4 is 40.6 Å². The standard InChI is InChI=1S/C23H22FN5O4S/c1-2-33-22(31)14-8-10-16(11-9-14)26-23(32)29-12-4-7-18(29)20-27-28-21(34-20)19(30)25-17-6-3-5-15(24)13-17/h3,5-6,8-11,13,18H,2,4,7,12H2,1H3,(H,25,30)(H,26,32). The number of ether oxygens (including phenoxy) is 1. The Morgan fingerprint density at radius 2 is 1.91 bits per heavy atom. The minimum atomic E-state index is -0.495. The molecule has 9 nitrogen and oxygen atoms in total. The Labute approximate surface area is 198 Å². The first kappa shape index (κ1) is 23.3. The van der Waals surface area contributed by atoms with Crippen molar-refractivity contribution in [3.05, 3.63) is 69.9 Å². The maximum atomic E-state index is 13.3. The number of hydrogen-bond acceptors (Lipinski definition) is 7. The maximum Gasteiger partial charge on any atom is 0.338 e. The molecule has 1 aromatic heterocycles. The van der Waals surface area contributed by atoms with E-state index in [2.05, 4.69) is 20.8 Å². The molecule has 3 aromatic rings. The van der Waals surface area contributed by atoms with E-state index >= 15 is 0 Å². The number of nitrogens with zero attached hydrogens (tertiary/aromatic N) is 3. The molecule has 2 N–H and O–H groups in total. The van der Waals surface area contributed by atoms with Crippen LogP contribution in [-0.2, 0) is 4.74 Å². The summed E-state index contributed by atoms with van der Waals surface area (Å²) in [6, 6.07) is 11.4. The number of likely N-dealkylation sites (tertiary alicyclic amines) is 1. The molecule has 4 rings (SSSR count). The topological polar surface area (TPSA) is 114 Å². The molecule has 1 saturated heterocycles. The number of carbonyl (C=O) groups is 3. The highest BCUT2D eigenvalue weighted by Gasteiger charge is 2.33. The van der Waals surface area contributed by atoms with Crippen molar-refractivity contribution in [2.45, 2.75) is 25.8 Å². The zero-order chi connectivity index (χ0) is 24.1. The Morgan fingerprint density at radius 3 is 2.65 bits per heavy atom. The van der Waals surface area contributed by atoms with Gasteiger partial charge in [0.1, 0.15) is 10.8 Å². The predicted octanol–water partition coefficient (Wildman–Crippen LogP) is 4.48. The molecule has 2 heterocycles. The molecule has 11 heteroatoms. The van der Waals surface area contributed by atoms with Crippen molar-refractivity contribution in [2.24, 2.45) is 0 Å². The molecule has 1 atom stereocenters. The monoisotopic (exact) mass is 483 g/mol. The minimum Gasteiger partial charge on any atom is -0.462 e. The molecule has 176 valence electrons. The summed E-state index contributed by atoms with van der Waals surface area (Å²) < 4.78 is 18.3. The summed E-state index contributed by atoms with van der Waals surface area (Å²) in [6.45, 7) is 2.55. The summed E-state index contributed by atoms with van der Waals surface area (Å²) in [5, 5.41) is 14.2. The lowest BCUT2D eigenvalue weighted by Gasteiger charge is -2.23. The van der Waals surface area contributed by atoms with Gasteiger partial charge in [0.2, 0.25) is 5.01 Å². The number of hydrogen-bond donors (Lipinski definition) is 2. The number of anilines is 2. The lowest BCUT2D eigenvalue weighted by atomic mass is 10.2. The molecular weight excluding hydrogens is 461 g/mol. The van der Waals surface area contributed by atoms with E-state index in [4.69, 9.17) is 4.74 Å². The van der Waals surface area contributed by atoms with E-state index < -0.39 is 17.7 Å². The van der Waals surface area contributed by atoms with Crippen molar-refractivity contribution in [3.63, 3.8) is 0 Å². The van der Waals surface area contributed by atoms with Crippen LogP contribution in [0.25, 0.3) is 0 Å². The van der Waals surface area contributed by atoms with E-state index in [1.807, 2.05) is 0 Å². The third-order valence-electron chi connectivity index (χ3n) is 5.16. The van der Waals surface area contributed by atoms with Crippen molar-refractivity contribution in [3.8, 4) is 0 Å². The van der Waals surface area contributed by atoms with Gasteiger partial charge in [-0.1, -0.05) is 17.4 Å². The van der Waals surface area contributed by atoms with E-state index in [0.29, 0.717) is 34.9 Å². The molecule has 0 bridgehead atoms. The summed E-state index contributed by atoms with van der Waals surface area (Å²) in [6.07, 6.45) is 1.47. The van der Waals surface area contributed by atoms with Gasteiger partial charge < -0.3 is 20.3 Å². The normalized spacial score (nSPS) is 15.1. The number of esters is 1. The first-order chi connectivity index (χ1) is 16.4. The molecule has 0 radical (unpaired) electrons. The van der Waals surface area contributed by atoms with Crippen LogP contribution in [-0.4, -0.2) is 46.2 Å². The largest absolute Gasteiger partial charge is 0.462 e. The second-order valence-electron chi connectivity index (χ2n) is 7.49. The first-order valence-corrected chi connectivity index (χ1v) is 11.5. The number of benzene rings is 2. The smallest absolute Gasteiger partial charge is 0.338 e. The van der Waals surface area contributed by atoms with Crippen LogP contribution >= 0.6 is 11.3 Å². The molecule has 34 heavy (non-hydrogen) atoms. The van der Waals surface area contributed by atoms with Crippen LogP contribution < -0.4 is 10.6 Å². The fourth-order valence-corrected chi connectivity index (χ4v) is 4.46. The quantitative estimate of drug-likeness (QED) is 0.500. The van der Waals surface area contributed by atoms with E-state index in [-0.39, 0.29) is 23.7 Å². The first-order valence-electron chi connectivity index (χ1n) is 10.7. The van der Waals surface area contributed by atoms with E-state index in [0.717, 1.165) is 17.8 Å². The summed E-state index contributed by atoms with van der Waals surface area (Å²) >= 11 is 1.10. The summed E-state index contributed by atoms with van der Waals surface area (Å²) in [5.74, 6) is -1.38. The highest BCUT2D eigenvalue weighted by molar-refractivity contribution is 7.13. The Bertz CT molecular complexity index is 1200. The van der Waals surface area contributed by atoms with Crippen molar-refractivity contribution in [2.75, 3.05) is 23.8 Å². The molecular formula is C23H22FN5O4S. The van der Waals surface area contributed by atoms with Crippen molar-refractivity contribution < 1.29 is 23.5 Å². The van der Waals surface area contributed by atoms with E-state index in [1.165, 1.54) is 18.2 Å². The van der Waals surface area contributed by atoms with Gasteiger partial charge in [-0.15, -0.1) is 10.2 Å². The summed E-state index contributed by atoms with van der Waals surface area (Å²) in [4.78, 5) is 38.8. The molecule has 1 aliphatic heterocycles. The number of rotatable bonds is 6. The zero-order valence-corrected chi connectivity index (χ0v) is 19.1. The summed E-state index contributed by atoms with van der Waals surface area (Å²) in [7, 11) is 0. The Hall–Kier alpha value is -3.86. The van der Waals surface area contributed by atoms with Gasteiger partial charge in [0.05, 0.1) is 18.2 Å². The Kier molecular flexibility index (Phi) is 7.12. The van der Waals surface area contributed by atoms with Gasteiger partial charge in [-0.25, -0.2) is 14.0 Å². The molecule has 0 aliphatic carbocycles. The van der Waals surface area contributed by atoms with Gasteiger partial charge in [0.25, 0.3) is 5.91 Å². The highest BCUT2D eigenvalue weighted by atomic mass is 32.1. The number of carbonyl (C=O) groups excluding carboxylic acids is 3. The number of halogens is 1. The van der Waals surface area contributed by atoms with Crippen LogP contribution in [0.3, 0.4) is 0 Å². The minimum absolute atomic E-state index is 0.126. The molecule has 2 aromatic carbocycles. The van der Waals surface area contributed by atoms with Crippen molar-refractivity contribution in [1.82, 2.24) is 15.1 Å². The number of aromatic nitrogens is 2. The van der Waals surface area contributed by atoms with Gasteiger partial charge in [0.15, 0.2) is 0 Å². The fraction of sp³-hybridized carbons (Fsp3) is 0.261. The van der Waals surface area contributed by atoms with Gasteiger partial charge in [0, 0.05) is 17.9 Å². The third-order valence-corrected chi connectivity index (χ3v) is 6.19. The average Bonchev–Trinajstić information content (AvgIpc) is 3.49. The molecule has 1 fully saturated rings. The van der Waals surface area contributed by atoms with Crippen LogP contribution in [0.1, 0.15) is 51.0 Å². The number of nitrogens with one attached hydrogen (secondary N) is 2. The Morgan fingerprint density at radius 1 is 1.12 bits per heavy atom. The molecule has 3 amide bonds. The van der Waals surface area contributed by atoms with Crippen LogP contribution in [0.15, 0.2) is 48.5 Å². The zero-order valence-electron chi connectivity index (χ0n) is 18.3. The third kappa shape index (κ3) is 5.37. The summed E-state index contributed by atoms with van der Waals surface area (Å²) in [5.41, 5.74) is 1.26. The van der Waals surface area contributed by atoms with E-state index in [9.17, 15) is 18.8 Å². The second-order valence-corrected chi connectivity index (χ2v) is 8.50. The molecule has 1 aliphatic rings. The second kappa shape index (κ2) is 10.4. The maximum absolute atomic E-state index is 13.3. The van der Waals surface area contributed by atoms with Crippen LogP contribution in [0.5, 0.6) is 0 Å². The number of urea groups is 1. The SMILES string of the molecule is CCOC(=O)c1ccc(NC(=O)N2CCCC2c2nnc(C(=O)Nc3cccc(F)c3)s2)cc1. The molecule has 1 unspecified atom stereocenters. The van der Waals surface area contributed by atoms with Gasteiger partial charge in [-0.05, 0) is 62.2 Å². The molecule has 0 saturated carbocycles. The van der Waals surface area contributed by atoms with Gasteiger partial charge >= 0.3 is 12.0 Å². The van der Waals surface area contributed by atoms with E-state index in [1.54, 1.807) is 42.2 Å². The predicted molar refractivity (Wildman–Crippen MR) is 124 cm³/mol. The average molecular weight is 484 g/mol. The van der Waals surface area contributed by atoms with Crippen LogP contribution in [0.2, 0.25) is 0 Å². The van der Waals surface area contributed by atoms with Crippen molar-refractivity contribution in [1.29, 1.82) is 0 Å². The fourth-order valence-electron chi connectivity index (χ4n) is 3.58. The lowest BCUT2D eigenvalue weighted by Crippen LogP contribution is -2.34. The van der Waals surface area contributed by atoms with Gasteiger partial charge in [-0.2, -0.15) is 0 Å². The lowest BCUT2D eigenvalue weighted by molar-refractivity contribution is 0.0526. The van der Waals surface area contributed by atoms with Crippen LogP contribution in [0.4, 0.5) is 20.6 Å². The van der Waals surface area contributed by atoms with Crippen LogP contribution in [0, 0.1) is 5.82 Å². The Balaban J connectivity index is 1.40. The molecule has 0 spiro atoms. The number of amides is 3. The van der Waals surface area contributed by atoms with Gasteiger partial charge in [-0.3, -0.25) is 4.79 Å². The highest BCUT2D eigenvalue weighted by Crippen LogP contribution is 2.34.